The van der Waals surface area contributed by atoms with Crippen LogP contribution < -0.4 is 4.90 Å². The van der Waals surface area contributed by atoms with E-state index >= 15 is 0 Å². The van der Waals surface area contributed by atoms with Crippen LogP contribution in [0.4, 0.5) is 14.9 Å². The normalized spacial score (nSPS) is 20.9. The molecule has 2 heterocycles. The summed E-state index contributed by atoms with van der Waals surface area (Å²) in [6, 6.07) is 3.04. The molecule has 2 aliphatic rings. The third-order valence-corrected chi connectivity index (χ3v) is 5.85. The molecule has 2 amide bonds. The third kappa shape index (κ3) is 2.96. The van der Waals surface area contributed by atoms with Gasteiger partial charge in [-0.05, 0) is 70.2 Å². The van der Waals surface area contributed by atoms with E-state index in [1.54, 1.807) is 19.9 Å². The first kappa shape index (κ1) is 18.7. The Bertz CT molecular complexity index is 871. The smallest absolute Gasteiger partial charge is 0.293 e. The summed E-state index contributed by atoms with van der Waals surface area (Å²) in [5, 5.41) is -0.313. The summed E-state index contributed by atoms with van der Waals surface area (Å²) in [7, 11) is 1.94. The zero-order valence-electron chi connectivity index (χ0n) is 15.9. The number of halogens is 1. The van der Waals surface area contributed by atoms with Crippen LogP contribution in [-0.2, 0) is 4.79 Å². The molecule has 138 valence electrons. The molecular formula is C20H23FN2O2S. The second-order valence-corrected chi connectivity index (χ2v) is 8.57. The molecule has 1 fully saturated rings. The Balaban J connectivity index is 2.06. The van der Waals surface area contributed by atoms with Gasteiger partial charge in [0.15, 0.2) is 0 Å². The molecule has 0 N–H and O–H groups in total. The number of nitrogens with zero attached hydrogens (tertiary/aromatic N) is 2. The van der Waals surface area contributed by atoms with Crippen molar-refractivity contribution >= 4 is 40.2 Å². The number of allylic oxidation sites excluding steroid dienone is 1. The van der Waals surface area contributed by atoms with Crippen molar-refractivity contribution in [3.05, 3.63) is 40.1 Å². The molecule has 1 aromatic rings. The number of amides is 2. The molecule has 6 heteroatoms. The molecule has 4 nitrogen and oxygen atoms in total. The van der Waals surface area contributed by atoms with Gasteiger partial charge in [-0.2, -0.15) is 0 Å². The Labute approximate surface area is 157 Å². The predicted octanol–water partition coefficient (Wildman–Crippen LogP) is 4.90. The van der Waals surface area contributed by atoms with Crippen molar-refractivity contribution in [2.75, 3.05) is 11.9 Å². The molecule has 1 saturated heterocycles. The van der Waals surface area contributed by atoms with Crippen LogP contribution in [0.15, 0.2) is 23.1 Å². The maximum Gasteiger partial charge on any atom is 0.293 e. The van der Waals surface area contributed by atoms with E-state index in [0.717, 1.165) is 28.6 Å². The topological polar surface area (TPSA) is 40.6 Å². The second kappa shape index (κ2) is 6.27. The number of carbonyl (C=O) groups excluding carboxylic acids is 2. The van der Waals surface area contributed by atoms with Gasteiger partial charge in [-0.15, -0.1) is 0 Å². The minimum atomic E-state index is -0.405. The third-order valence-electron chi connectivity index (χ3n) is 4.96. The molecule has 0 aliphatic carbocycles. The van der Waals surface area contributed by atoms with E-state index < -0.39 is 5.82 Å². The molecule has 0 bridgehead atoms. The van der Waals surface area contributed by atoms with E-state index in [9.17, 15) is 14.0 Å². The van der Waals surface area contributed by atoms with Gasteiger partial charge in [-0.25, -0.2) is 4.39 Å². The van der Waals surface area contributed by atoms with Crippen molar-refractivity contribution in [3.63, 3.8) is 0 Å². The summed E-state index contributed by atoms with van der Waals surface area (Å²) in [6.07, 6.45) is 3.62. The van der Waals surface area contributed by atoms with Crippen LogP contribution in [0.3, 0.4) is 0 Å². The molecule has 0 saturated carbocycles. The summed E-state index contributed by atoms with van der Waals surface area (Å²) in [4.78, 5) is 28.0. The molecule has 2 aliphatic heterocycles. The van der Waals surface area contributed by atoms with E-state index in [4.69, 9.17) is 0 Å². The fraction of sp³-hybridized carbons (Fsp3) is 0.400. The number of fused-ring (bicyclic) bond motifs is 1. The van der Waals surface area contributed by atoms with Crippen LogP contribution in [0.2, 0.25) is 0 Å². The molecule has 1 aromatic carbocycles. The maximum absolute atomic E-state index is 14.8. The maximum atomic E-state index is 14.8. The average molecular weight is 374 g/mol. The zero-order chi connectivity index (χ0) is 19.4. The molecule has 26 heavy (non-hydrogen) atoms. The van der Waals surface area contributed by atoms with Gasteiger partial charge in [0.1, 0.15) is 5.82 Å². The lowest BCUT2D eigenvalue weighted by molar-refractivity contribution is -0.123. The molecular weight excluding hydrogens is 351 g/mol. The lowest BCUT2D eigenvalue weighted by atomic mass is 9.88. The van der Waals surface area contributed by atoms with E-state index in [2.05, 4.69) is 19.9 Å². The van der Waals surface area contributed by atoms with E-state index in [1.165, 1.54) is 17.0 Å². The highest BCUT2D eigenvalue weighted by Gasteiger charge is 2.37. The Morgan fingerprint density at radius 1 is 1.23 bits per heavy atom. The first-order chi connectivity index (χ1) is 12.0. The summed E-state index contributed by atoms with van der Waals surface area (Å²) in [5.74, 6) is -0.768. The van der Waals surface area contributed by atoms with Gasteiger partial charge in [0, 0.05) is 29.9 Å². The quantitative estimate of drug-likeness (QED) is 0.690. The standard InChI is InChI=1S/C20H23FN2O2S/c1-11(2)23-18(24)17(26-19(23)25)8-13-7-14-12(3)10-20(4,5)22(6)16(14)9-15(13)21/h7-11H,1-6H3/b17-8+. The second-order valence-electron chi connectivity index (χ2n) is 7.58. The number of thioether (sulfide) groups is 1. The predicted molar refractivity (Wildman–Crippen MR) is 105 cm³/mol. The number of rotatable bonds is 2. The minimum Gasteiger partial charge on any atom is -0.365 e. The fourth-order valence-electron chi connectivity index (χ4n) is 3.36. The number of likely N-dealkylation sites (N-methyl/N-ethyl adjacent to an activating group) is 1. The lowest BCUT2D eigenvalue weighted by Crippen LogP contribution is -2.42. The molecule has 0 unspecified atom stereocenters. The Morgan fingerprint density at radius 3 is 2.46 bits per heavy atom. The average Bonchev–Trinajstić information content (AvgIpc) is 2.80. The minimum absolute atomic E-state index is 0.203. The Morgan fingerprint density at radius 2 is 1.88 bits per heavy atom. The largest absolute Gasteiger partial charge is 0.365 e. The number of imide groups is 1. The highest BCUT2D eigenvalue weighted by atomic mass is 32.2. The molecule has 3 rings (SSSR count). The summed E-state index contributed by atoms with van der Waals surface area (Å²) in [5.41, 5.74) is 2.93. The van der Waals surface area contributed by atoms with Gasteiger partial charge in [-0.1, -0.05) is 6.08 Å². The van der Waals surface area contributed by atoms with Gasteiger partial charge < -0.3 is 4.90 Å². The van der Waals surface area contributed by atoms with Gasteiger partial charge in [-0.3, -0.25) is 14.5 Å². The number of hydrogen-bond donors (Lipinski definition) is 0. The first-order valence-corrected chi connectivity index (χ1v) is 9.39. The molecule has 0 radical (unpaired) electrons. The van der Waals surface area contributed by atoms with Gasteiger partial charge in [0.05, 0.1) is 10.4 Å². The molecule has 0 spiro atoms. The monoisotopic (exact) mass is 374 g/mol. The van der Waals surface area contributed by atoms with E-state index in [1.807, 2.05) is 18.9 Å². The van der Waals surface area contributed by atoms with Gasteiger partial charge in [0.25, 0.3) is 11.1 Å². The van der Waals surface area contributed by atoms with Crippen LogP contribution in [-0.4, -0.2) is 34.7 Å². The summed E-state index contributed by atoms with van der Waals surface area (Å²) in [6.45, 7) is 9.72. The van der Waals surface area contributed by atoms with Gasteiger partial charge >= 0.3 is 0 Å². The molecule has 0 atom stereocenters. The van der Waals surface area contributed by atoms with Crippen molar-refractivity contribution in [2.24, 2.45) is 0 Å². The summed E-state index contributed by atoms with van der Waals surface area (Å²) >= 11 is 0.859. The van der Waals surface area contributed by atoms with Crippen molar-refractivity contribution in [1.29, 1.82) is 0 Å². The van der Waals surface area contributed by atoms with Crippen molar-refractivity contribution in [2.45, 2.75) is 46.2 Å². The SMILES string of the molecule is CC1=CC(C)(C)N(C)c2cc(F)c(/C=C3/SC(=O)N(C(C)C)C3=O)cc21. The highest BCUT2D eigenvalue weighted by Crippen LogP contribution is 2.40. The van der Waals surface area contributed by atoms with Crippen molar-refractivity contribution in [1.82, 2.24) is 4.90 Å². The van der Waals surface area contributed by atoms with Crippen LogP contribution in [0.25, 0.3) is 11.6 Å². The van der Waals surface area contributed by atoms with Crippen LogP contribution in [0.1, 0.15) is 45.7 Å². The zero-order valence-corrected chi connectivity index (χ0v) is 16.7. The number of carbonyl (C=O) groups is 2. The van der Waals surface area contributed by atoms with Crippen molar-refractivity contribution in [3.8, 4) is 0 Å². The number of anilines is 1. The number of benzene rings is 1. The van der Waals surface area contributed by atoms with Crippen LogP contribution in [0.5, 0.6) is 0 Å². The fourth-order valence-corrected chi connectivity index (χ4v) is 4.32. The first-order valence-electron chi connectivity index (χ1n) is 8.57. The van der Waals surface area contributed by atoms with Crippen LogP contribution in [0, 0.1) is 5.82 Å². The van der Waals surface area contributed by atoms with E-state index in [0.29, 0.717) is 5.56 Å². The summed E-state index contributed by atoms with van der Waals surface area (Å²) < 4.78 is 14.8. The van der Waals surface area contributed by atoms with Crippen molar-refractivity contribution < 1.29 is 14.0 Å². The van der Waals surface area contributed by atoms with Gasteiger partial charge in [0.2, 0.25) is 0 Å². The lowest BCUT2D eigenvalue weighted by Gasteiger charge is -2.40. The number of hydrogen-bond acceptors (Lipinski definition) is 4. The molecule has 0 aromatic heterocycles. The highest BCUT2D eigenvalue weighted by molar-refractivity contribution is 8.18. The Kier molecular flexibility index (Phi) is 4.51. The van der Waals surface area contributed by atoms with Crippen LogP contribution >= 0.6 is 11.8 Å². The van der Waals surface area contributed by atoms with E-state index in [-0.39, 0.29) is 27.6 Å². The Hall–Kier alpha value is -2.08.